The normalized spacial score (nSPS) is 10.5. The molecular weight excluding hydrogens is 398 g/mol. The number of halogens is 1. The highest BCUT2D eigenvalue weighted by Gasteiger charge is 2.11. The molecule has 0 aliphatic heterocycles. The third kappa shape index (κ3) is 6.16. The van der Waals surface area contributed by atoms with Gasteiger partial charge in [0.1, 0.15) is 5.75 Å². The fraction of sp³-hybridized carbons (Fsp3) is 0.263. The molecular formula is C19H22BrN3O3. The van der Waals surface area contributed by atoms with Gasteiger partial charge in [-0.25, -0.2) is 0 Å². The zero-order valence-electron chi connectivity index (χ0n) is 14.8. The van der Waals surface area contributed by atoms with Crippen LogP contribution in [0.4, 0.5) is 11.4 Å². The third-order valence-corrected chi connectivity index (χ3v) is 4.35. The van der Waals surface area contributed by atoms with Gasteiger partial charge in [-0.05, 0) is 47.2 Å². The topological polar surface area (TPSA) is 70.7 Å². The van der Waals surface area contributed by atoms with Gasteiger partial charge in [0.05, 0.1) is 25.0 Å². The van der Waals surface area contributed by atoms with Gasteiger partial charge in [0.25, 0.3) is 0 Å². The highest BCUT2D eigenvalue weighted by molar-refractivity contribution is 9.10. The van der Waals surface area contributed by atoms with E-state index < -0.39 is 0 Å². The number of anilines is 2. The van der Waals surface area contributed by atoms with E-state index in [-0.39, 0.29) is 24.8 Å². The summed E-state index contributed by atoms with van der Waals surface area (Å²) in [5.41, 5.74) is 1.36. The number of hydrogen-bond acceptors (Lipinski definition) is 4. The summed E-state index contributed by atoms with van der Waals surface area (Å²) in [6.45, 7) is 0.660. The number of hydrogen-bond donors (Lipinski definition) is 2. The number of carbonyl (C=O) groups excluding carboxylic acids is 2. The van der Waals surface area contributed by atoms with Crippen molar-refractivity contribution in [3.63, 3.8) is 0 Å². The maximum absolute atomic E-state index is 12.1. The van der Waals surface area contributed by atoms with Crippen LogP contribution in [-0.4, -0.2) is 44.0 Å². The fourth-order valence-corrected chi connectivity index (χ4v) is 2.71. The van der Waals surface area contributed by atoms with E-state index in [9.17, 15) is 9.59 Å². The van der Waals surface area contributed by atoms with Gasteiger partial charge in [0.15, 0.2) is 0 Å². The molecule has 2 aromatic rings. The lowest BCUT2D eigenvalue weighted by molar-refractivity contribution is -0.119. The number of carbonyl (C=O) groups is 2. The Bertz CT molecular complexity index is 767. The first-order valence-corrected chi connectivity index (χ1v) is 8.94. The molecule has 2 N–H and O–H groups in total. The second-order valence-electron chi connectivity index (χ2n) is 5.76. The van der Waals surface area contributed by atoms with Crippen molar-refractivity contribution in [3.8, 4) is 5.75 Å². The summed E-state index contributed by atoms with van der Waals surface area (Å²) >= 11 is 3.39. The van der Waals surface area contributed by atoms with Crippen molar-refractivity contribution in [1.82, 2.24) is 4.90 Å². The van der Waals surface area contributed by atoms with E-state index >= 15 is 0 Å². The molecule has 0 aliphatic carbocycles. The summed E-state index contributed by atoms with van der Waals surface area (Å²) in [7, 11) is 3.36. The summed E-state index contributed by atoms with van der Waals surface area (Å²) < 4.78 is 6.03. The van der Waals surface area contributed by atoms with Crippen molar-refractivity contribution in [1.29, 1.82) is 0 Å². The molecule has 0 bridgehead atoms. The van der Waals surface area contributed by atoms with Crippen LogP contribution >= 0.6 is 15.9 Å². The van der Waals surface area contributed by atoms with E-state index in [0.29, 0.717) is 18.0 Å². The number of ether oxygens (including phenoxy) is 1. The first kappa shape index (κ1) is 19.9. The van der Waals surface area contributed by atoms with Gasteiger partial charge in [0, 0.05) is 17.4 Å². The number of nitrogens with one attached hydrogen (secondary N) is 2. The molecule has 2 aromatic carbocycles. The van der Waals surface area contributed by atoms with E-state index in [4.69, 9.17) is 4.74 Å². The molecule has 0 spiro atoms. The minimum atomic E-state index is -0.135. The number of amides is 2. The number of rotatable bonds is 8. The molecule has 0 unspecified atom stereocenters. The third-order valence-electron chi connectivity index (χ3n) is 3.66. The van der Waals surface area contributed by atoms with Crippen molar-refractivity contribution in [2.24, 2.45) is 0 Å². The Morgan fingerprint density at radius 3 is 2.31 bits per heavy atom. The summed E-state index contributed by atoms with van der Waals surface area (Å²) in [4.78, 5) is 26.0. The fourth-order valence-electron chi connectivity index (χ4n) is 2.33. The molecule has 2 rings (SSSR count). The summed E-state index contributed by atoms with van der Waals surface area (Å²) in [5, 5.41) is 5.66. The molecule has 26 heavy (non-hydrogen) atoms. The van der Waals surface area contributed by atoms with Crippen LogP contribution in [0.15, 0.2) is 53.0 Å². The maximum Gasteiger partial charge on any atom is 0.238 e. The van der Waals surface area contributed by atoms with Crippen molar-refractivity contribution in [3.05, 3.63) is 53.0 Å². The molecule has 0 aromatic heterocycles. The number of likely N-dealkylation sites (N-methyl/N-ethyl adjacent to an activating group) is 1. The van der Waals surface area contributed by atoms with Crippen LogP contribution in [0.1, 0.15) is 6.42 Å². The lowest BCUT2D eigenvalue weighted by Gasteiger charge is -2.17. The lowest BCUT2D eigenvalue weighted by Crippen LogP contribution is -2.32. The molecule has 0 saturated carbocycles. The smallest absolute Gasteiger partial charge is 0.238 e. The van der Waals surface area contributed by atoms with E-state index in [1.165, 1.54) is 0 Å². The van der Waals surface area contributed by atoms with Gasteiger partial charge >= 0.3 is 0 Å². The molecule has 0 heterocycles. The highest BCUT2D eigenvalue weighted by atomic mass is 79.9. The van der Waals surface area contributed by atoms with Gasteiger partial charge < -0.3 is 15.4 Å². The number of methoxy groups -OCH3 is 1. The highest BCUT2D eigenvalue weighted by Crippen LogP contribution is 2.23. The Labute approximate surface area is 161 Å². The zero-order chi connectivity index (χ0) is 18.9. The first-order valence-electron chi connectivity index (χ1n) is 8.15. The molecule has 6 nitrogen and oxygen atoms in total. The van der Waals surface area contributed by atoms with Gasteiger partial charge in [-0.3, -0.25) is 14.5 Å². The SMILES string of the molecule is COc1ccccc1NC(=O)CCN(C)CC(=O)Nc1ccccc1Br. The summed E-state index contributed by atoms with van der Waals surface area (Å²) in [5.74, 6) is 0.346. The molecule has 0 fully saturated rings. The van der Waals surface area contributed by atoms with Crippen LogP contribution in [0.5, 0.6) is 5.75 Å². The van der Waals surface area contributed by atoms with Crippen LogP contribution in [0.25, 0.3) is 0 Å². The quantitative estimate of drug-likeness (QED) is 0.687. The number of nitrogens with zero attached hydrogens (tertiary/aromatic N) is 1. The van der Waals surface area contributed by atoms with Gasteiger partial charge in [-0.15, -0.1) is 0 Å². The van der Waals surface area contributed by atoms with E-state index in [1.54, 1.807) is 31.2 Å². The second kappa shape index (κ2) is 9.94. The van der Waals surface area contributed by atoms with Crippen LogP contribution in [0.2, 0.25) is 0 Å². The van der Waals surface area contributed by atoms with Crippen molar-refractivity contribution < 1.29 is 14.3 Å². The van der Waals surface area contributed by atoms with E-state index in [0.717, 1.165) is 10.2 Å². The average Bonchev–Trinajstić information content (AvgIpc) is 2.62. The second-order valence-corrected chi connectivity index (χ2v) is 6.62. The molecule has 7 heteroatoms. The van der Waals surface area contributed by atoms with Gasteiger partial charge in [-0.1, -0.05) is 24.3 Å². The molecule has 138 valence electrons. The zero-order valence-corrected chi connectivity index (χ0v) is 16.4. The summed E-state index contributed by atoms with van der Waals surface area (Å²) in [6, 6.07) is 14.7. The maximum atomic E-state index is 12.1. The Kier molecular flexibility index (Phi) is 7.62. The Morgan fingerprint density at radius 2 is 1.62 bits per heavy atom. The van der Waals surface area contributed by atoms with Crippen molar-refractivity contribution in [2.45, 2.75) is 6.42 Å². The largest absolute Gasteiger partial charge is 0.495 e. The molecule has 0 saturated heterocycles. The minimum absolute atomic E-state index is 0.132. The standard InChI is InChI=1S/C19H22BrN3O3/c1-23(13-19(25)21-15-8-4-3-7-14(15)20)12-11-18(24)22-16-9-5-6-10-17(16)26-2/h3-10H,11-13H2,1-2H3,(H,21,25)(H,22,24). The molecule has 2 amide bonds. The molecule has 0 aliphatic rings. The van der Waals surface area contributed by atoms with Crippen molar-refractivity contribution in [2.75, 3.05) is 37.9 Å². The molecule has 0 radical (unpaired) electrons. The summed E-state index contributed by atoms with van der Waals surface area (Å²) in [6.07, 6.45) is 0.275. The number of benzene rings is 2. The van der Waals surface area contributed by atoms with Crippen molar-refractivity contribution >= 4 is 39.1 Å². The monoisotopic (exact) mass is 419 g/mol. The number of para-hydroxylation sites is 3. The Morgan fingerprint density at radius 1 is 1.00 bits per heavy atom. The van der Waals surface area contributed by atoms with Gasteiger partial charge in [0.2, 0.25) is 11.8 Å². The van der Waals surface area contributed by atoms with Gasteiger partial charge in [-0.2, -0.15) is 0 Å². The van der Waals surface area contributed by atoms with Crippen LogP contribution in [0.3, 0.4) is 0 Å². The van der Waals surface area contributed by atoms with Crippen LogP contribution < -0.4 is 15.4 Å². The minimum Gasteiger partial charge on any atom is -0.495 e. The van der Waals surface area contributed by atoms with Crippen LogP contribution in [-0.2, 0) is 9.59 Å². The Balaban J connectivity index is 1.77. The van der Waals surface area contributed by atoms with E-state index in [1.807, 2.05) is 36.4 Å². The molecule has 0 atom stereocenters. The van der Waals surface area contributed by atoms with Crippen LogP contribution in [0, 0.1) is 0 Å². The predicted molar refractivity (Wildman–Crippen MR) is 107 cm³/mol. The van der Waals surface area contributed by atoms with E-state index in [2.05, 4.69) is 26.6 Å². The predicted octanol–water partition coefficient (Wildman–Crippen LogP) is 3.36. The average molecular weight is 420 g/mol. The first-order chi connectivity index (χ1) is 12.5. The lowest BCUT2D eigenvalue weighted by atomic mass is 10.2. The Hall–Kier alpha value is -2.38.